The molecule has 0 fully saturated rings. The molecule has 91 valence electrons. The second-order valence-electron chi connectivity index (χ2n) is 3.23. The van der Waals surface area contributed by atoms with Gasteiger partial charge in [0.05, 0.1) is 20.0 Å². The number of unbranched alkanes of at least 4 members (excludes halogenated alkanes) is 2. The Kier molecular flexibility index (Phi) is 13.6. The average Bonchev–Trinajstić information content (AvgIpc) is 2.26. The lowest BCUT2D eigenvalue weighted by Gasteiger charge is -2.03. The smallest absolute Gasteiger partial charge is 0.0916 e. The molecule has 0 spiro atoms. The van der Waals surface area contributed by atoms with Crippen molar-refractivity contribution >= 4 is 0 Å². The van der Waals surface area contributed by atoms with Crippen LogP contribution < -0.4 is 0 Å². The van der Waals surface area contributed by atoms with E-state index in [2.05, 4.69) is 0 Å². The highest BCUT2D eigenvalue weighted by molar-refractivity contribution is 4.51. The first-order valence-electron chi connectivity index (χ1n) is 5.54. The third-order valence-electron chi connectivity index (χ3n) is 1.80. The molecule has 0 heterocycles. The van der Waals surface area contributed by atoms with Gasteiger partial charge in [-0.1, -0.05) is 0 Å². The normalized spacial score (nSPS) is 10.8. The summed E-state index contributed by atoms with van der Waals surface area (Å²) in [6.45, 7) is 2.73. The summed E-state index contributed by atoms with van der Waals surface area (Å²) in [5.41, 5.74) is 0. The second kappa shape index (κ2) is 13.8. The summed E-state index contributed by atoms with van der Waals surface area (Å²) < 4.78 is 33.5. The van der Waals surface area contributed by atoms with E-state index in [0.29, 0.717) is 32.7 Å². The Labute approximate surface area is 90.9 Å². The fraction of sp³-hybridized carbons (Fsp3) is 0.909. The summed E-state index contributed by atoms with van der Waals surface area (Å²) in [7, 11) is 0. The number of alkyl halides is 2. The molecule has 0 N–H and O–H groups in total. The largest absolute Gasteiger partial charge is 0.381 e. The predicted octanol–water partition coefficient (Wildman–Crippen LogP) is 3.07. The van der Waals surface area contributed by atoms with E-state index in [-0.39, 0.29) is 13.3 Å². The van der Waals surface area contributed by atoms with Gasteiger partial charge in [-0.15, -0.1) is 0 Å². The zero-order valence-corrected chi connectivity index (χ0v) is 9.22. The molecule has 0 rings (SSSR count). The van der Waals surface area contributed by atoms with E-state index in [1.54, 1.807) is 6.61 Å². The highest BCUT2D eigenvalue weighted by Gasteiger charge is 1.92. The molecule has 0 saturated heterocycles. The fourth-order valence-electron chi connectivity index (χ4n) is 0.995. The number of halogens is 2. The molecule has 0 aliphatic carbocycles. The van der Waals surface area contributed by atoms with Crippen molar-refractivity contribution in [2.45, 2.75) is 32.1 Å². The standard InChI is InChI=1S/C11H21F2O2/c12-6-4-10-14-8-2-1-3-9-15-11-5-7-13/h8H,1-7,9-11H2. The van der Waals surface area contributed by atoms with Crippen LogP contribution in [0.25, 0.3) is 0 Å². The first-order valence-corrected chi connectivity index (χ1v) is 5.54. The molecule has 4 heteroatoms. The molecule has 0 aliphatic heterocycles. The molecule has 0 amide bonds. The number of hydrogen-bond acceptors (Lipinski definition) is 2. The summed E-state index contributed by atoms with van der Waals surface area (Å²) in [6.07, 6.45) is 3.75. The minimum atomic E-state index is -0.323. The zero-order chi connectivity index (χ0) is 11.2. The van der Waals surface area contributed by atoms with E-state index in [1.807, 2.05) is 0 Å². The quantitative estimate of drug-likeness (QED) is 0.473. The highest BCUT2D eigenvalue weighted by Crippen LogP contribution is 2.01. The zero-order valence-electron chi connectivity index (χ0n) is 9.22. The maximum Gasteiger partial charge on any atom is 0.0916 e. The van der Waals surface area contributed by atoms with Crippen molar-refractivity contribution in [2.75, 3.05) is 33.2 Å². The van der Waals surface area contributed by atoms with Crippen LogP contribution in [0, 0.1) is 6.61 Å². The van der Waals surface area contributed by atoms with Crippen LogP contribution in [0.2, 0.25) is 0 Å². The topological polar surface area (TPSA) is 18.5 Å². The lowest BCUT2D eigenvalue weighted by Crippen LogP contribution is -1.98. The molecule has 0 saturated carbocycles. The molecule has 0 bridgehead atoms. The van der Waals surface area contributed by atoms with Gasteiger partial charge < -0.3 is 9.47 Å². The third-order valence-corrected chi connectivity index (χ3v) is 1.80. The summed E-state index contributed by atoms with van der Waals surface area (Å²) >= 11 is 0. The van der Waals surface area contributed by atoms with Crippen LogP contribution in [0.1, 0.15) is 32.1 Å². The Morgan fingerprint density at radius 3 is 2.20 bits per heavy atom. The van der Waals surface area contributed by atoms with Gasteiger partial charge in [-0.3, -0.25) is 8.78 Å². The highest BCUT2D eigenvalue weighted by atomic mass is 19.1. The molecular weight excluding hydrogens is 202 g/mol. The van der Waals surface area contributed by atoms with Gasteiger partial charge in [-0.05, 0) is 32.1 Å². The van der Waals surface area contributed by atoms with E-state index in [1.165, 1.54) is 0 Å². The number of rotatable bonds is 12. The molecule has 0 unspecified atom stereocenters. The molecule has 0 aromatic heterocycles. The van der Waals surface area contributed by atoms with Gasteiger partial charge in [0.2, 0.25) is 0 Å². The maximum absolute atomic E-state index is 11.6. The van der Waals surface area contributed by atoms with E-state index in [4.69, 9.17) is 9.47 Å². The summed E-state index contributed by atoms with van der Waals surface area (Å²) in [4.78, 5) is 0. The number of ether oxygens (including phenoxy) is 2. The Balaban J connectivity index is 2.81. The van der Waals surface area contributed by atoms with Crippen LogP contribution in [0.3, 0.4) is 0 Å². The predicted molar refractivity (Wildman–Crippen MR) is 56.1 cm³/mol. The van der Waals surface area contributed by atoms with Crippen LogP contribution >= 0.6 is 0 Å². The fourth-order valence-corrected chi connectivity index (χ4v) is 0.995. The van der Waals surface area contributed by atoms with Gasteiger partial charge in [0.25, 0.3) is 0 Å². The summed E-state index contributed by atoms with van der Waals surface area (Å²) in [5, 5.41) is 0. The third kappa shape index (κ3) is 13.8. The van der Waals surface area contributed by atoms with Crippen LogP contribution in [-0.4, -0.2) is 33.2 Å². The summed E-state index contributed by atoms with van der Waals surface area (Å²) in [6, 6.07) is 0. The van der Waals surface area contributed by atoms with E-state index < -0.39 is 0 Å². The molecule has 1 radical (unpaired) electrons. The lowest BCUT2D eigenvalue weighted by molar-refractivity contribution is 0.120. The van der Waals surface area contributed by atoms with Crippen molar-refractivity contribution in [1.29, 1.82) is 0 Å². The van der Waals surface area contributed by atoms with Gasteiger partial charge in [0.15, 0.2) is 0 Å². The lowest BCUT2D eigenvalue weighted by atomic mass is 10.2. The number of hydrogen-bond donors (Lipinski definition) is 0. The van der Waals surface area contributed by atoms with Gasteiger partial charge in [-0.2, -0.15) is 0 Å². The Bertz CT molecular complexity index is 101. The van der Waals surface area contributed by atoms with Crippen molar-refractivity contribution in [3.05, 3.63) is 6.61 Å². The average molecular weight is 223 g/mol. The Morgan fingerprint density at radius 2 is 1.47 bits per heavy atom. The van der Waals surface area contributed by atoms with Gasteiger partial charge >= 0.3 is 0 Å². The maximum atomic E-state index is 11.6. The summed E-state index contributed by atoms with van der Waals surface area (Å²) in [5.74, 6) is 0. The van der Waals surface area contributed by atoms with E-state index in [0.717, 1.165) is 19.3 Å². The first-order chi connectivity index (χ1) is 7.41. The van der Waals surface area contributed by atoms with Crippen LogP contribution in [0.15, 0.2) is 0 Å². The molecule has 0 atom stereocenters. The van der Waals surface area contributed by atoms with Crippen molar-refractivity contribution in [3.63, 3.8) is 0 Å². The minimum absolute atomic E-state index is 0.309. The van der Waals surface area contributed by atoms with E-state index >= 15 is 0 Å². The molecule has 0 aromatic rings. The first kappa shape index (κ1) is 14.8. The second-order valence-corrected chi connectivity index (χ2v) is 3.23. The van der Waals surface area contributed by atoms with Crippen molar-refractivity contribution in [3.8, 4) is 0 Å². The van der Waals surface area contributed by atoms with Crippen molar-refractivity contribution in [1.82, 2.24) is 0 Å². The molecule has 15 heavy (non-hydrogen) atoms. The van der Waals surface area contributed by atoms with Gasteiger partial charge in [-0.25, -0.2) is 0 Å². The molecule has 0 aliphatic rings. The molecule has 0 aromatic carbocycles. The van der Waals surface area contributed by atoms with Crippen molar-refractivity contribution < 1.29 is 18.3 Å². The van der Waals surface area contributed by atoms with E-state index in [9.17, 15) is 8.78 Å². The van der Waals surface area contributed by atoms with Gasteiger partial charge in [0, 0.05) is 19.8 Å². The Morgan fingerprint density at radius 1 is 0.800 bits per heavy atom. The van der Waals surface area contributed by atoms with Crippen LogP contribution in [0.4, 0.5) is 8.78 Å². The monoisotopic (exact) mass is 223 g/mol. The minimum Gasteiger partial charge on any atom is -0.381 e. The molecular formula is C11H21F2O2. The van der Waals surface area contributed by atoms with Crippen LogP contribution in [0.5, 0.6) is 0 Å². The van der Waals surface area contributed by atoms with Gasteiger partial charge in [0.1, 0.15) is 0 Å². The molecule has 2 nitrogen and oxygen atoms in total. The van der Waals surface area contributed by atoms with Crippen LogP contribution in [-0.2, 0) is 9.47 Å². The SMILES string of the molecule is FCCCO[CH]CCCCOCCCF. The Hall–Kier alpha value is -0.220. The van der Waals surface area contributed by atoms with Crippen molar-refractivity contribution in [2.24, 2.45) is 0 Å².